The predicted octanol–water partition coefficient (Wildman–Crippen LogP) is 2.76. The zero-order valence-corrected chi connectivity index (χ0v) is 18.5. The van der Waals surface area contributed by atoms with Crippen LogP contribution in [0.5, 0.6) is 0 Å². The van der Waals surface area contributed by atoms with E-state index in [1.807, 2.05) is 27.7 Å². The summed E-state index contributed by atoms with van der Waals surface area (Å²) in [4.78, 5) is 32.1. The van der Waals surface area contributed by atoms with Crippen LogP contribution in [0.3, 0.4) is 0 Å². The van der Waals surface area contributed by atoms with Crippen molar-refractivity contribution in [2.24, 2.45) is 5.41 Å². The molecule has 0 radical (unpaired) electrons. The molecule has 0 spiro atoms. The number of nitrogens with zero attached hydrogens (tertiary/aromatic N) is 2. The Morgan fingerprint density at radius 2 is 1.93 bits per heavy atom. The van der Waals surface area contributed by atoms with Crippen molar-refractivity contribution in [2.75, 3.05) is 6.54 Å². The number of amides is 2. The van der Waals surface area contributed by atoms with Crippen LogP contribution < -0.4 is 5.32 Å². The van der Waals surface area contributed by atoms with Gasteiger partial charge in [-0.05, 0) is 51.7 Å². The summed E-state index contributed by atoms with van der Waals surface area (Å²) in [6, 6.07) is 2.66. The Morgan fingerprint density at radius 1 is 1.24 bits per heavy atom. The highest BCUT2D eigenvalue weighted by Gasteiger charge is 2.56. The minimum absolute atomic E-state index is 0.0508. The van der Waals surface area contributed by atoms with Gasteiger partial charge in [0, 0.05) is 17.9 Å². The number of rotatable bonds is 4. The number of hydrogen-bond acceptors (Lipinski definition) is 5. The van der Waals surface area contributed by atoms with Gasteiger partial charge in [0.05, 0.1) is 12.1 Å². The summed E-state index contributed by atoms with van der Waals surface area (Å²) < 4.78 is 12.0. The Labute approximate surface area is 173 Å². The number of nitrogens with one attached hydrogen (secondary N) is 1. The SMILES string of the molecule is CC(C)(C)CC(C)(C)NC(=O)[C@@H]1[C@H]2OC(C)(C)O[C@H]2CN1C(=O)c1cccnc1. The van der Waals surface area contributed by atoms with E-state index in [2.05, 4.69) is 31.1 Å². The van der Waals surface area contributed by atoms with Gasteiger partial charge in [0.2, 0.25) is 5.91 Å². The second-order valence-electron chi connectivity index (χ2n) is 10.4. The molecule has 3 rings (SSSR count). The maximum atomic E-state index is 13.4. The Hall–Kier alpha value is -1.99. The number of pyridine rings is 1. The molecule has 0 aliphatic carbocycles. The van der Waals surface area contributed by atoms with Crippen LogP contribution in [0.1, 0.15) is 65.2 Å². The number of fused-ring (bicyclic) bond motifs is 1. The van der Waals surface area contributed by atoms with Gasteiger partial charge >= 0.3 is 0 Å². The second kappa shape index (κ2) is 7.36. The molecule has 0 bridgehead atoms. The van der Waals surface area contributed by atoms with E-state index >= 15 is 0 Å². The lowest BCUT2D eigenvalue weighted by Gasteiger charge is -2.36. The van der Waals surface area contributed by atoms with Gasteiger partial charge < -0.3 is 19.7 Å². The molecule has 0 aromatic carbocycles. The molecule has 2 amide bonds. The first-order chi connectivity index (χ1) is 13.3. The van der Waals surface area contributed by atoms with Crippen LogP contribution in [0.4, 0.5) is 0 Å². The number of likely N-dealkylation sites (tertiary alicyclic amines) is 1. The van der Waals surface area contributed by atoms with E-state index in [1.165, 1.54) is 6.20 Å². The van der Waals surface area contributed by atoms with Crippen molar-refractivity contribution in [2.45, 2.75) is 84.5 Å². The summed E-state index contributed by atoms with van der Waals surface area (Å²) in [6.07, 6.45) is 3.08. The summed E-state index contributed by atoms with van der Waals surface area (Å²) in [7, 11) is 0. The molecule has 2 fully saturated rings. The minimum Gasteiger partial charge on any atom is -0.349 e. The van der Waals surface area contributed by atoms with E-state index in [0.717, 1.165) is 6.42 Å². The summed E-state index contributed by atoms with van der Waals surface area (Å²) in [5, 5.41) is 3.15. The molecule has 1 aromatic rings. The van der Waals surface area contributed by atoms with Crippen LogP contribution in [0, 0.1) is 5.41 Å². The van der Waals surface area contributed by atoms with Crippen molar-refractivity contribution in [3.05, 3.63) is 30.1 Å². The Bertz CT molecular complexity index is 770. The van der Waals surface area contributed by atoms with E-state index < -0.39 is 23.5 Å². The average Bonchev–Trinajstić information content (AvgIpc) is 3.03. The molecular formula is C22H33N3O4. The second-order valence-corrected chi connectivity index (χ2v) is 10.4. The summed E-state index contributed by atoms with van der Waals surface area (Å²) in [5.41, 5.74) is 0.0686. The average molecular weight is 404 g/mol. The summed E-state index contributed by atoms with van der Waals surface area (Å²) >= 11 is 0. The first kappa shape index (κ1) is 21.7. The van der Waals surface area contributed by atoms with Crippen molar-refractivity contribution >= 4 is 11.8 Å². The fourth-order valence-electron chi connectivity index (χ4n) is 4.69. The van der Waals surface area contributed by atoms with Crippen molar-refractivity contribution in [3.8, 4) is 0 Å². The fraction of sp³-hybridized carbons (Fsp3) is 0.682. The third-order valence-corrected chi connectivity index (χ3v) is 5.12. The molecule has 1 aromatic heterocycles. The predicted molar refractivity (Wildman–Crippen MR) is 109 cm³/mol. The van der Waals surface area contributed by atoms with E-state index in [1.54, 1.807) is 23.2 Å². The van der Waals surface area contributed by atoms with Gasteiger partial charge in [-0.2, -0.15) is 0 Å². The number of ether oxygens (including phenoxy) is 2. The molecule has 7 nitrogen and oxygen atoms in total. The van der Waals surface area contributed by atoms with Crippen LogP contribution >= 0.6 is 0 Å². The Balaban J connectivity index is 1.86. The third kappa shape index (κ3) is 4.95. The lowest BCUT2D eigenvalue weighted by molar-refractivity contribution is -0.162. The highest BCUT2D eigenvalue weighted by molar-refractivity contribution is 5.98. The van der Waals surface area contributed by atoms with Gasteiger partial charge in [-0.3, -0.25) is 14.6 Å². The first-order valence-corrected chi connectivity index (χ1v) is 10.2. The van der Waals surface area contributed by atoms with E-state index in [4.69, 9.17) is 9.47 Å². The van der Waals surface area contributed by atoms with E-state index in [9.17, 15) is 9.59 Å². The molecule has 2 aliphatic heterocycles. The lowest BCUT2D eigenvalue weighted by atomic mass is 9.81. The van der Waals surface area contributed by atoms with Crippen molar-refractivity contribution in [1.29, 1.82) is 0 Å². The molecular weight excluding hydrogens is 370 g/mol. The topological polar surface area (TPSA) is 80.8 Å². The standard InChI is InChI=1S/C22H33N3O4/c1-20(2,3)13-21(4,5)24-18(26)16-17-15(28-22(6,7)29-17)12-25(16)19(27)14-9-8-10-23-11-14/h8-11,15-17H,12-13H2,1-7H3,(H,24,26)/t15-,16-,17-/m0/s1. The number of aromatic nitrogens is 1. The number of carbonyl (C=O) groups excluding carboxylic acids is 2. The van der Waals surface area contributed by atoms with E-state index in [0.29, 0.717) is 12.1 Å². The van der Waals surface area contributed by atoms with Crippen molar-refractivity contribution in [3.63, 3.8) is 0 Å². The summed E-state index contributed by atoms with van der Waals surface area (Å²) in [6.45, 7) is 14.4. The van der Waals surface area contributed by atoms with Gasteiger partial charge in [-0.25, -0.2) is 0 Å². The molecule has 3 atom stereocenters. The highest BCUT2D eigenvalue weighted by atomic mass is 16.8. The minimum atomic E-state index is -0.780. The van der Waals surface area contributed by atoms with Crippen molar-refractivity contribution < 1.29 is 19.1 Å². The molecule has 1 N–H and O–H groups in total. The van der Waals surface area contributed by atoms with Crippen LogP contribution in [-0.2, 0) is 14.3 Å². The normalized spacial score (nSPS) is 26.3. The van der Waals surface area contributed by atoms with E-state index in [-0.39, 0.29) is 23.3 Å². The molecule has 7 heteroatoms. The van der Waals surface area contributed by atoms with Crippen molar-refractivity contribution in [1.82, 2.24) is 15.2 Å². The molecule has 0 unspecified atom stereocenters. The fourth-order valence-corrected chi connectivity index (χ4v) is 4.69. The maximum absolute atomic E-state index is 13.4. The maximum Gasteiger partial charge on any atom is 0.256 e. The third-order valence-electron chi connectivity index (χ3n) is 5.12. The highest BCUT2D eigenvalue weighted by Crippen LogP contribution is 2.38. The van der Waals surface area contributed by atoms with Gasteiger partial charge in [0.1, 0.15) is 18.2 Å². The zero-order valence-electron chi connectivity index (χ0n) is 18.5. The lowest BCUT2D eigenvalue weighted by Crippen LogP contribution is -2.56. The molecule has 2 saturated heterocycles. The Kier molecular flexibility index (Phi) is 5.51. The summed E-state index contributed by atoms with van der Waals surface area (Å²) in [5.74, 6) is -1.24. The van der Waals surface area contributed by atoms with Gasteiger partial charge in [-0.15, -0.1) is 0 Å². The largest absolute Gasteiger partial charge is 0.349 e. The first-order valence-electron chi connectivity index (χ1n) is 10.2. The smallest absolute Gasteiger partial charge is 0.256 e. The number of carbonyl (C=O) groups is 2. The quantitative estimate of drug-likeness (QED) is 0.836. The molecule has 3 heterocycles. The molecule has 2 aliphatic rings. The Morgan fingerprint density at radius 3 is 2.52 bits per heavy atom. The molecule has 0 saturated carbocycles. The zero-order chi connectivity index (χ0) is 21.6. The molecule has 160 valence electrons. The van der Waals surface area contributed by atoms with Gasteiger partial charge in [0.15, 0.2) is 5.79 Å². The van der Waals surface area contributed by atoms with Crippen LogP contribution in [0.2, 0.25) is 0 Å². The monoisotopic (exact) mass is 403 g/mol. The van der Waals surface area contributed by atoms with Crippen LogP contribution in [0.15, 0.2) is 24.5 Å². The molecule has 29 heavy (non-hydrogen) atoms. The van der Waals surface area contributed by atoms with Crippen LogP contribution in [0.25, 0.3) is 0 Å². The van der Waals surface area contributed by atoms with Crippen LogP contribution in [-0.4, -0.2) is 57.8 Å². The number of hydrogen-bond donors (Lipinski definition) is 1. The van der Waals surface area contributed by atoms with Gasteiger partial charge in [-0.1, -0.05) is 20.8 Å². The van der Waals surface area contributed by atoms with Gasteiger partial charge in [0.25, 0.3) is 5.91 Å².